The lowest BCUT2D eigenvalue weighted by molar-refractivity contribution is -0.118. The van der Waals surface area contributed by atoms with Crippen LogP contribution < -0.4 is 20.5 Å². The highest BCUT2D eigenvalue weighted by atomic mass is 16.5. The smallest absolute Gasteiger partial charge is 0.262 e. The minimum absolute atomic E-state index is 0.0677. The number of hydrogen-bond donors (Lipinski definition) is 2. The molecule has 3 N–H and O–H groups in total. The highest BCUT2D eigenvalue weighted by Gasteiger charge is 2.05. The third-order valence-electron chi connectivity index (χ3n) is 3.07. The fourth-order valence-corrected chi connectivity index (χ4v) is 1.86. The lowest BCUT2D eigenvalue weighted by atomic mass is 10.2. The molecule has 1 amide bonds. The van der Waals surface area contributed by atoms with E-state index in [1.807, 2.05) is 19.9 Å². The Bertz CT molecular complexity index is 639. The van der Waals surface area contributed by atoms with Crippen molar-refractivity contribution in [1.82, 2.24) is 0 Å². The Labute approximate surface area is 130 Å². The normalized spacial score (nSPS) is 10.1. The number of anilines is 2. The standard InChI is InChI=1S/C17H20N2O3/c1-3-21-14-6-8-15(9-7-14)22-11-17(20)19-13-5-4-12(2)16(18)10-13/h4-10H,3,11,18H2,1-2H3,(H,19,20). The molecule has 0 saturated heterocycles. The van der Waals surface area contributed by atoms with E-state index in [0.717, 1.165) is 11.3 Å². The second-order valence-corrected chi connectivity index (χ2v) is 4.81. The largest absolute Gasteiger partial charge is 0.494 e. The number of hydrogen-bond acceptors (Lipinski definition) is 4. The van der Waals surface area contributed by atoms with E-state index in [1.165, 1.54) is 0 Å². The summed E-state index contributed by atoms with van der Waals surface area (Å²) in [7, 11) is 0. The number of nitrogens with two attached hydrogens (primary N) is 1. The lowest BCUT2D eigenvalue weighted by Gasteiger charge is -2.09. The van der Waals surface area contributed by atoms with E-state index in [2.05, 4.69) is 5.32 Å². The topological polar surface area (TPSA) is 73.6 Å². The Balaban J connectivity index is 1.85. The molecule has 5 nitrogen and oxygen atoms in total. The quantitative estimate of drug-likeness (QED) is 0.804. The average molecular weight is 300 g/mol. The zero-order valence-corrected chi connectivity index (χ0v) is 12.8. The van der Waals surface area contributed by atoms with Crippen molar-refractivity contribution in [3.63, 3.8) is 0 Å². The molecule has 2 aromatic carbocycles. The molecule has 0 radical (unpaired) electrons. The van der Waals surface area contributed by atoms with Crippen LogP contribution in [0.3, 0.4) is 0 Å². The van der Waals surface area contributed by atoms with E-state index in [9.17, 15) is 4.79 Å². The summed E-state index contributed by atoms with van der Waals surface area (Å²) in [5, 5.41) is 2.74. The van der Waals surface area contributed by atoms with Crippen LogP contribution in [0.4, 0.5) is 11.4 Å². The lowest BCUT2D eigenvalue weighted by Crippen LogP contribution is -2.20. The zero-order chi connectivity index (χ0) is 15.9. The Kier molecular flexibility index (Phi) is 5.25. The molecule has 2 rings (SSSR count). The molecule has 2 aromatic rings. The second-order valence-electron chi connectivity index (χ2n) is 4.81. The molecule has 0 saturated carbocycles. The molecule has 0 aliphatic rings. The van der Waals surface area contributed by atoms with Gasteiger partial charge in [0, 0.05) is 11.4 Å². The predicted molar refractivity (Wildman–Crippen MR) is 87.3 cm³/mol. The third kappa shape index (κ3) is 4.41. The minimum Gasteiger partial charge on any atom is -0.494 e. The summed E-state index contributed by atoms with van der Waals surface area (Å²) in [5.74, 6) is 1.15. The van der Waals surface area contributed by atoms with Gasteiger partial charge in [0.15, 0.2) is 6.61 Å². The van der Waals surface area contributed by atoms with Gasteiger partial charge in [-0.05, 0) is 55.8 Å². The highest BCUT2D eigenvalue weighted by molar-refractivity contribution is 5.92. The zero-order valence-electron chi connectivity index (χ0n) is 12.8. The molecule has 0 aliphatic carbocycles. The summed E-state index contributed by atoms with van der Waals surface area (Å²) in [5.41, 5.74) is 8.08. The molecular weight excluding hydrogens is 280 g/mol. The number of carbonyl (C=O) groups is 1. The summed E-state index contributed by atoms with van der Waals surface area (Å²) in [6.07, 6.45) is 0. The summed E-state index contributed by atoms with van der Waals surface area (Å²) in [6.45, 7) is 4.38. The van der Waals surface area contributed by atoms with Crippen LogP contribution in [0.25, 0.3) is 0 Å². The average Bonchev–Trinajstić information content (AvgIpc) is 2.51. The van der Waals surface area contributed by atoms with Crippen LogP contribution in [0, 0.1) is 6.92 Å². The molecule has 0 unspecified atom stereocenters. The Morgan fingerprint density at radius 2 is 1.73 bits per heavy atom. The Morgan fingerprint density at radius 1 is 1.09 bits per heavy atom. The SMILES string of the molecule is CCOc1ccc(OCC(=O)Nc2ccc(C)c(N)c2)cc1. The molecule has 0 heterocycles. The first-order valence-corrected chi connectivity index (χ1v) is 7.10. The van der Waals surface area contributed by atoms with Gasteiger partial charge in [-0.3, -0.25) is 4.79 Å². The van der Waals surface area contributed by atoms with Gasteiger partial charge in [-0.15, -0.1) is 0 Å². The summed E-state index contributed by atoms with van der Waals surface area (Å²) in [4.78, 5) is 11.8. The number of benzene rings is 2. The maximum Gasteiger partial charge on any atom is 0.262 e. The number of nitrogen functional groups attached to an aromatic ring is 1. The number of nitrogens with one attached hydrogen (secondary N) is 1. The van der Waals surface area contributed by atoms with E-state index < -0.39 is 0 Å². The van der Waals surface area contributed by atoms with Gasteiger partial charge >= 0.3 is 0 Å². The summed E-state index contributed by atoms with van der Waals surface area (Å²) < 4.78 is 10.8. The number of amides is 1. The van der Waals surface area contributed by atoms with Crippen LogP contribution in [0.15, 0.2) is 42.5 Å². The predicted octanol–water partition coefficient (Wildman–Crippen LogP) is 2.99. The van der Waals surface area contributed by atoms with E-state index in [1.54, 1.807) is 36.4 Å². The van der Waals surface area contributed by atoms with Crippen molar-refractivity contribution < 1.29 is 14.3 Å². The van der Waals surface area contributed by atoms with E-state index in [-0.39, 0.29) is 12.5 Å². The van der Waals surface area contributed by atoms with E-state index >= 15 is 0 Å². The summed E-state index contributed by atoms with van der Waals surface area (Å²) >= 11 is 0. The highest BCUT2D eigenvalue weighted by Crippen LogP contribution is 2.18. The molecule has 22 heavy (non-hydrogen) atoms. The van der Waals surface area contributed by atoms with Gasteiger partial charge in [0.25, 0.3) is 5.91 Å². The van der Waals surface area contributed by atoms with Crippen molar-refractivity contribution in [1.29, 1.82) is 0 Å². The van der Waals surface area contributed by atoms with Crippen LogP contribution in [0.2, 0.25) is 0 Å². The molecule has 0 fully saturated rings. The molecule has 116 valence electrons. The van der Waals surface area contributed by atoms with Crippen molar-refractivity contribution in [3.8, 4) is 11.5 Å². The molecule has 0 bridgehead atoms. The third-order valence-corrected chi connectivity index (χ3v) is 3.07. The monoisotopic (exact) mass is 300 g/mol. The maximum absolute atomic E-state index is 11.8. The van der Waals surface area contributed by atoms with Crippen LogP contribution in [-0.4, -0.2) is 19.1 Å². The first kappa shape index (κ1) is 15.7. The minimum atomic E-state index is -0.239. The Hall–Kier alpha value is -2.69. The van der Waals surface area contributed by atoms with Gasteiger partial charge in [0.1, 0.15) is 11.5 Å². The van der Waals surface area contributed by atoms with Gasteiger partial charge in [-0.1, -0.05) is 6.07 Å². The fourth-order valence-electron chi connectivity index (χ4n) is 1.86. The fraction of sp³-hybridized carbons (Fsp3) is 0.235. The van der Waals surface area contributed by atoms with Gasteiger partial charge in [-0.2, -0.15) is 0 Å². The van der Waals surface area contributed by atoms with Gasteiger partial charge in [0.2, 0.25) is 0 Å². The molecule has 0 aromatic heterocycles. The molecular formula is C17H20N2O3. The molecule has 0 aliphatic heterocycles. The molecule has 0 atom stereocenters. The van der Waals surface area contributed by atoms with Gasteiger partial charge < -0.3 is 20.5 Å². The van der Waals surface area contributed by atoms with Crippen molar-refractivity contribution in [2.24, 2.45) is 0 Å². The molecule has 5 heteroatoms. The number of aryl methyl sites for hydroxylation is 1. The van der Waals surface area contributed by atoms with Crippen LogP contribution >= 0.6 is 0 Å². The van der Waals surface area contributed by atoms with Crippen LogP contribution in [-0.2, 0) is 4.79 Å². The van der Waals surface area contributed by atoms with Crippen molar-refractivity contribution in [2.45, 2.75) is 13.8 Å². The number of rotatable bonds is 6. The van der Waals surface area contributed by atoms with Crippen molar-refractivity contribution in [2.75, 3.05) is 24.3 Å². The second kappa shape index (κ2) is 7.36. The van der Waals surface area contributed by atoms with Gasteiger partial charge in [-0.25, -0.2) is 0 Å². The van der Waals surface area contributed by atoms with E-state index in [4.69, 9.17) is 15.2 Å². The van der Waals surface area contributed by atoms with E-state index in [0.29, 0.717) is 23.7 Å². The van der Waals surface area contributed by atoms with Crippen molar-refractivity contribution in [3.05, 3.63) is 48.0 Å². The Morgan fingerprint density at radius 3 is 2.32 bits per heavy atom. The first-order chi connectivity index (χ1) is 10.6. The summed E-state index contributed by atoms with van der Waals surface area (Å²) in [6, 6.07) is 12.5. The van der Waals surface area contributed by atoms with Crippen LogP contribution in [0.5, 0.6) is 11.5 Å². The van der Waals surface area contributed by atoms with Crippen LogP contribution in [0.1, 0.15) is 12.5 Å². The maximum atomic E-state index is 11.8. The number of carbonyl (C=O) groups excluding carboxylic acids is 1. The molecule has 0 spiro atoms. The van der Waals surface area contributed by atoms with Gasteiger partial charge in [0.05, 0.1) is 6.61 Å². The number of ether oxygens (including phenoxy) is 2. The first-order valence-electron chi connectivity index (χ1n) is 7.10. The van der Waals surface area contributed by atoms with Crippen molar-refractivity contribution >= 4 is 17.3 Å².